The van der Waals surface area contributed by atoms with Gasteiger partial charge in [0.15, 0.2) is 0 Å². The molecule has 0 bridgehead atoms. The first-order chi connectivity index (χ1) is 8.19. The lowest BCUT2D eigenvalue weighted by Crippen LogP contribution is -2.22. The average molecular weight is 267 g/mol. The van der Waals surface area contributed by atoms with E-state index in [1.165, 1.54) is 6.07 Å². The molecule has 0 fully saturated rings. The monoisotopic (exact) mass is 267 g/mol. The molecule has 98 valence electrons. The van der Waals surface area contributed by atoms with E-state index in [-0.39, 0.29) is 10.3 Å². The molecule has 18 heavy (non-hydrogen) atoms. The van der Waals surface area contributed by atoms with E-state index < -0.39 is 10.1 Å². The lowest BCUT2D eigenvalue weighted by Gasteiger charge is -2.23. The fourth-order valence-corrected chi connectivity index (χ4v) is 3.22. The summed E-state index contributed by atoms with van der Waals surface area (Å²) in [6, 6.07) is 4.72. The molecule has 0 saturated heterocycles. The van der Waals surface area contributed by atoms with Crippen LogP contribution in [-0.4, -0.2) is 20.0 Å². The zero-order valence-electron chi connectivity index (χ0n) is 10.9. The largest absolute Gasteiger partial charge is 0.347 e. The Morgan fingerprint density at radius 2 is 1.94 bits per heavy atom. The van der Waals surface area contributed by atoms with Crippen LogP contribution in [0.1, 0.15) is 26.3 Å². The molecule has 1 heterocycles. The molecule has 1 aliphatic heterocycles. The molecule has 0 atom stereocenters. The van der Waals surface area contributed by atoms with Crippen molar-refractivity contribution >= 4 is 15.8 Å². The summed E-state index contributed by atoms with van der Waals surface area (Å²) in [5, 5.41) is 0. The number of rotatable bonds is 1. The minimum absolute atomic E-state index is 0.0555. The molecule has 1 N–H and O–H groups in total. The zero-order chi connectivity index (χ0) is 13.7. The molecule has 0 unspecified atom stereocenters. The highest BCUT2D eigenvalue weighted by Crippen LogP contribution is 2.47. The summed E-state index contributed by atoms with van der Waals surface area (Å²) in [4.78, 5) is 1.99. The summed E-state index contributed by atoms with van der Waals surface area (Å²) >= 11 is 0. The molecular weight excluding hydrogens is 250 g/mol. The van der Waals surface area contributed by atoms with Crippen LogP contribution >= 0.6 is 0 Å². The Kier molecular flexibility index (Phi) is 2.79. The van der Waals surface area contributed by atoms with Crippen LogP contribution in [0.25, 0.3) is 0 Å². The van der Waals surface area contributed by atoms with Crippen molar-refractivity contribution in [3.05, 3.63) is 35.5 Å². The average Bonchev–Trinajstić information content (AvgIpc) is 2.45. The summed E-state index contributed by atoms with van der Waals surface area (Å²) in [5.74, 6) is 0. The number of anilines is 1. The first-order valence-corrected chi connectivity index (χ1v) is 7.16. The fraction of sp³-hybridized carbons (Fsp3) is 0.385. The van der Waals surface area contributed by atoms with Gasteiger partial charge in [0, 0.05) is 23.8 Å². The second-order valence-electron chi connectivity index (χ2n) is 5.01. The van der Waals surface area contributed by atoms with Gasteiger partial charge in [0.2, 0.25) is 0 Å². The van der Waals surface area contributed by atoms with Gasteiger partial charge in [-0.25, -0.2) is 0 Å². The smallest absolute Gasteiger partial charge is 0.294 e. The summed E-state index contributed by atoms with van der Waals surface area (Å²) in [5.41, 5.74) is 2.73. The van der Waals surface area contributed by atoms with Gasteiger partial charge in [0.1, 0.15) is 0 Å². The maximum absolute atomic E-state index is 11.2. The summed E-state index contributed by atoms with van der Waals surface area (Å²) < 4.78 is 31.5. The zero-order valence-corrected chi connectivity index (χ0v) is 11.7. The highest BCUT2D eigenvalue weighted by molar-refractivity contribution is 7.85. The molecule has 0 spiro atoms. The molecule has 0 saturated carbocycles. The number of fused-ring (bicyclic) bond motifs is 1. The Hall–Kier alpha value is -1.33. The number of benzene rings is 1. The van der Waals surface area contributed by atoms with Gasteiger partial charge in [-0.2, -0.15) is 8.42 Å². The predicted molar refractivity (Wildman–Crippen MR) is 71.4 cm³/mol. The number of nitrogens with zero attached hydrogens (tertiary/aromatic N) is 1. The van der Waals surface area contributed by atoms with E-state index in [0.29, 0.717) is 0 Å². The molecule has 0 radical (unpaired) electrons. The van der Waals surface area contributed by atoms with E-state index in [0.717, 1.165) is 16.9 Å². The van der Waals surface area contributed by atoms with Gasteiger partial charge in [-0.3, -0.25) is 4.55 Å². The molecule has 0 aromatic heterocycles. The van der Waals surface area contributed by atoms with E-state index in [9.17, 15) is 8.42 Å². The maximum atomic E-state index is 11.2. The van der Waals surface area contributed by atoms with Crippen LogP contribution < -0.4 is 4.90 Å². The van der Waals surface area contributed by atoms with Gasteiger partial charge in [0.25, 0.3) is 10.1 Å². The first-order valence-electron chi connectivity index (χ1n) is 5.72. The SMILES string of the molecule is C/C=C1\N(C)c2ccc(S(=O)(=O)O)cc2C1(C)C. The van der Waals surface area contributed by atoms with Gasteiger partial charge in [-0.1, -0.05) is 19.9 Å². The van der Waals surface area contributed by atoms with E-state index in [1.807, 2.05) is 38.8 Å². The molecule has 1 aromatic rings. The van der Waals surface area contributed by atoms with Crippen LogP contribution in [0.3, 0.4) is 0 Å². The number of hydrogen-bond donors (Lipinski definition) is 1. The van der Waals surface area contributed by atoms with Crippen LogP contribution in [0.4, 0.5) is 5.69 Å². The Morgan fingerprint density at radius 1 is 1.33 bits per heavy atom. The van der Waals surface area contributed by atoms with Crippen molar-refractivity contribution in [2.24, 2.45) is 0 Å². The summed E-state index contributed by atoms with van der Waals surface area (Å²) in [6.45, 7) is 6.04. The van der Waals surface area contributed by atoms with E-state index in [1.54, 1.807) is 12.1 Å². The maximum Gasteiger partial charge on any atom is 0.294 e. The first kappa shape index (κ1) is 13.1. The second kappa shape index (κ2) is 3.83. The molecule has 4 nitrogen and oxygen atoms in total. The van der Waals surface area contributed by atoms with Crippen molar-refractivity contribution in [1.29, 1.82) is 0 Å². The van der Waals surface area contributed by atoms with Crippen molar-refractivity contribution in [2.45, 2.75) is 31.1 Å². The fourth-order valence-electron chi connectivity index (χ4n) is 2.71. The third-order valence-electron chi connectivity index (χ3n) is 3.58. The van der Waals surface area contributed by atoms with Gasteiger partial charge in [-0.15, -0.1) is 0 Å². The predicted octanol–water partition coefficient (Wildman–Crippen LogP) is 2.56. The summed E-state index contributed by atoms with van der Waals surface area (Å²) in [7, 11) is -2.20. The van der Waals surface area contributed by atoms with E-state index in [4.69, 9.17) is 4.55 Å². The second-order valence-corrected chi connectivity index (χ2v) is 6.43. The number of likely N-dealkylation sites (N-methyl/N-ethyl adjacent to an activating group) is 1. The van der Waals surface area contributed by atoms with Crippen molar-refractivity contribution in [2.75, 3.05) is 11.9 Å². The Bertz CT molecular complexity index is 630. The molecule has 0 aliphatic carbocycles. The Morgan fingerprint density at radius 3 is 2.44 bits per heavy atom. The number of hydrogen-bond acceptors (Lipinski definition) is 3. The normalized spacial score (nSPS) is 20.3. The highest BCUT2D eigenvalue weighted by atomic mass is 32.2. The number of allylic oxidation sites excluding steroid dienone is 2. The van der Waals surface area contributed by atoms with Crippen LogP contribution in [0.2, 0.25) is 0 Å². The molecule has 2 rings (SSSR count). The molecule has 1 aromatic carbocycles. The third-order valence-corrected chi connectivity index (χ3v) is 4.43. The quantitative estimate of drug-likeness (QED) is 0.794. The van der Waals surface area contributed by atoms with E-state index in [2.05, 4.69) is 0 Å². The van der Waals surface area contributed by atoms with Gasteiger partial charge in [-0.05, 0) is 30.7 Å². The third kappa shape index (κ3) is 1.74. The minimum atomic E-state index is -4.15. The van der Waals surface area contributed by atoms with Crippen LogP contribution in [0.5, 0.6) is 0 Å². The molecular formula is C13H17NO3S. The molecule has 1 aliphatic rings. The molecule has 5 heteroatoms. The van der Waals surface area contributed by atoms with Crippen molar-refractivity contribution < 1.29 is 13.0 Å². The van der Waals surface area contributed by atoms with Crippen molar-refractivity contribution in [3.63, 3.8) is 0 Å². The Balaban J connectivity index is 2.71. The van der Waals surface area contributed by atoms with Crippen molar-refractivity contribution in [3.8, 4) is 0 Å². The van der Waals surface area contributed by atoms with Crippen LogP contribution in [-0.2, 0) is 15.5 Å². The van der Waals surface area contributed by atoms with Crippen LogP contribution in [0, 0.1) is 0 Å². The van der Waals surface area contributed by atoms with Crippen molar-refractivity contribution in [1.82, 2.24) is 0 Å². The van der Waals surface area contributed by atoms with Crippen LogP contribution in [0.15, 0.2) is 34.9 Å². The van der Waals surface area contributed by atoms with E-state index >= 15 is 0 Å². The lowest BCUT2D eigenvalue weighted by atomic mass is 9.84. The van der Waals surface area contributed by atoms with Gasteiger partial charge in [0.05, 0.1) is 4.90 Å². The molecule has 0 amide bonds. The van der Waals surface area contributed by atoms with Gasteiger partial charge >= 0.3 is 0 Å². The standard InChI is InChI=1S/C13H17NO3S/c1-5-12-13(2,3)10-8-9(18(15,16)17)6-7-11(10)14(12)4/h5-8H,1-4H3,(H,15,16,17)/b12-5-. The topological polar surface area (TPSA) is 57.6 Å². The highest BCUT2D eigenvalue weighted by Gasteiger charge is 2.38. The lowest BCUT2D eigenvalue weighted by molar-refractivity contribution is 0.483. The Labute approximate surface area is 108 Å². The summed E-state index contributed by atoms with van der Waals surface area (Å²) in [6.07, 6.45) is 2.02. The van der Waals surface area contributed by atoms with Gasteiger partial charge < -0.3 is 4.90 Å². The minimum Gasteiger partial charge on any atom is -0.347 e.